The van der Waals surface area contributed by atoms with Crippen LogP contribution >= 0.6 is 0 Å². The van der Waals surface area contributed by atoms with Crippen LogP contribution in [0.25, 0.3) is 0 Å². The third kappa shape index (κ3) is 15.4. The smallest absolute Gasteiger partial charge is 0.220 e. The molecule has 3 nitrogen and oxygen atoms in total. The van der Waals surface area contributed by atoms with Gasteiger partial charge in [-0.3, -0.25) is 4.79 Å². The van der Waals surface area contributed by atoms with Gasteiger partial charge in [0.25, 0.3) is 0 Å². The maximum Gasteiger partial charge on any atom is 0.220 e. The van der Waals surface area contributed by atoms with Crippen molar-refractivity contribution in [3.05, 3.63) is 34.9 Å². The molecule has 1 unspecified atom stereocenters. The van der Waals surface area contributed by atoms with Crippen LogP contribution in [0.5, 0.6) is 0 Å². The van der Waals surface area contributed by atoms with E-state index in [1.807, 2.05) is 0 Å². The van der Waals surface area contributed by atoms with Gasteiger partial charge in [-0.1, -0.05) is 48.8 Å². The van der Waals surface area contributed by atoms with Crippen molar-refractivity contribution in [3.8, 4) is 0 Å². The zero-order valence-electron chi connectivity index (χ0n) is 19.0. The van der Waals surface area contributed by atoms with Gasteiger partial charge < -0.3 is 10.2 Å². The Bertz CT molecular complexity index is 495. The van der Waals surface area contributed by atoms with Crippen molar-refractivity contribution in [2.45, 2.75) is 93.0 Å². The van der Waals surface area contributed by atoms with Gasteiger partial charge in [-0.15, -0.1) is 0 Å². The molecule has 0 rings (SSSR count). The van der Waals surface area contributed by atoms with E-state index >= 15 is 0 Å². The number of amides is 1. The van der Waals surface area contributed by atoms with Crippen LogP contribution in [-0.2, 0) is 4.79 Å². The molecule has 156 valence electrons. The monoisotopic (exact) mass is 376 g/mol. The van der Waals surface area contributed by atoms with Crippen molar-refractivity contribution < 1.29 is 4.79 Å². The Morgan fingerprint density at radius 2 is 1.33 bits per heavy atom. The second-order valence-electron chi connectivity index (χ2n) is 7.95. The first-order chi connectivity index (χ1) is 12.8. The summed E-state index contributed by atoms with van der Waals surface area (Å²) in [7, 11) is 0. The minimum Gasteiger partial charge on any atom is -0.352 e. The highest BCUT2D eigenvalue weighted by molar-refractivity contribution is 5.76. The molecule has 1 N–H and O–H groups in total. The zero-order valence-corrected chi connectivity index (χ0v) is 19.0. The molecular weight excluding hydrogens is 332 g/mol. The molecule has 0 aromatic heterocycles. The van der Waals surface area contributed by atoms with Crippen molar-refractivity contribution in [1.82, 2.24) is 10.2 Å². The lowest BCUT2D eigenvalue weighted by molar-refractivity contribution is -0.121. The molecule has 0 aromatic carbocycles. The van der Waals surface area contributed by atoms with Crippen molar-refractivity contribution in [3.63, 3.8) is 0 Å². The number of hydrogen-bond acceptors (Lipinski definition) is 2. The maximum atomic E-state index is 12.1. The maximum absolute atomic E-state index is 12.1. The van der Waals surface area contributed by atoms with Crippen LogP contribution in [0, 0.1) is 0 Å². The number of hydrogen-bond donors (Lipinski definition) is 1. The van der Waals surface area contributed by atoms with Gasteiger partial charge in [-0.25, -0.2) is 0 Å². The fourth-order valence-electron chi connectivity index (χ4n) is 3.05. The molecule has 0 saturated carbocycles. The summed E-state index contributed by atoms with van der Waals surface area (Å²) >= 11 is 0. The molecule has 0 fully saturated rings. The van der Waals surface area contributed by atoms with E-state index in [1.165, 1.54) is 16.7 Å². The zero-order chi connectivity index (χ0) is 20.7. The fourth-order valence-corrected chi connectivity index (χ4v) is 3.05. The summed E-state index contributed by atoms with van der Waals surface area (Å²) in [6.45, 7) is 18.1. The predicted molar refractivity (Wildman–Crippen MR) is 120 cm³/mol. The summed E-state index contributed by atoms with van der Waals surface area (Å²) in [6, 6.07) is 0.210. The van der Waals surface area contributed by atoms with Crippen LogP contribution in [0.1, 0.15) is 87.0 Å². The molecule has 0 aliphatic rings. The minimum absolute atomic E-state index is 0.161. The molecule has 0 radical (unpaired) electrons. The number of carbonyl (C=O) groups is 1. The Hall–Kier alpha value is -1.35. The van der Waals surface area contributed by atoms with Crippen LogP contribution in [-0.4, -0.2) is 36.5 Å². The summed E-state index contributed by atoms with van der Waals surface area (Å²) in [5.41, 5.74) is 4.25. The number of carbonyl (C=O) groups excluding carboxylic acids is 1. The second-order valence-corrected chi connectivity index (χ2v) is 7.95. The van der Waals surface area contributed by atoms with Crippen LogP contribution in [0.2, 0.25) is 0 Å². The van der Waals surface area contributed by atoms with Gasteiger partial charge in [0.05, 0.1) is 0 Å². The third-order valence-corrected chi connectivity index (χ3v) is 4.82. The molecule has 0 aromatic rings. The first-order valence-corrected chi connectivity index (χ1v) is 10.7. The van der Waals surface area contributed by atoms with Crippen molar-refractivity contribution >= 4 is 5.91 Å². The molecule has 0 bridgehead atoms. The van der Waals surface area contributed by atoms with Gasteiger partial charge in [0.1, 0.15) is 0 Å². The highest BCUT2D eigenvalue weighted by Gasteiger charge is 2.09. The topological polar surface area (TPSA) is 32.3 Å². The van der Waals surface area contributed by atoms with E-state index in [1.54, 1.807) is 0 Å². The van der Waals surface area contributed by atoms with E-state index in [2.05, 4.69) is 76.9 Å². The summed E-state index contributed by atoms with van der Waals surface area (Å²) < 4.78 is 0. The average molecular weight is 377 g/mol. The molecule has 0 saturated heterocycles. The van der Waals surface area contributed by atoms with Crippen molar-refractivity contribution in [2.75, 3.05) is 19.6 Å². The number of likely N-dealkylation sites (N-methyl/N-ethyl adjacent to an activating group) is 1. The lowest BCUT2D eigenvalue weighted by atomic mass is 10.1. The molecule has 1 amide bonds. The number of nitrogens with zero attached hydrogens (tertiary/aromatic N) is 1. The summed E-state index contributed by atoms with van der Waals surface area (Å²) in [4.78, 5) is 14.4. The molecule has 3 heteroatoms. The number of allylic oxidation sites excluding steroid dienone is 6. The van der Waals surface area contributed by atoms with E-state index in [9.17, 15) is 4.79 Å². The van der Waals surface area contributed by atoms with Crippen LogP contribution in [0.15, 0.2) is 34.9 Å². The normalized spacial score (nSPS) is 13.6. The van der Waals surface area contributed by atoms with Crippen molar-refractivity contribution in [2.24, 2.45) is 0 Å². The Balaban J connectivity index is 4.04. The van der Waals surface area contributed by atoms with Crippen LogP contribution in [0.4, 0.5) is 0 Å². The summed E-state index contributed by atoms with van der Waals surface area (Å²) in [5, 5.41) is 3.11. The van der Waals surface area contributed by atoms with Gasteiger partial charge in [0, 0.05) is 19.0 Å². The Morgan fingerprint density at radius 3 is 1.81 bits per heavy atom. The van der Waals surface area contributed by atoms with Gasteiger partial charge in [0.2, 0.25) is 5.91 Å². The van der Waals surface area contributed by atoms with E-state index in [0.717, 1.165) is 51.7 Å². The number of rotatable bonds is 14. The molecule has 0 heterocycles. The van der Waals surface area contributed by atoms with Gasteiger partial charge in [-0.05, 0) is 79.8 Å². The molecule has 27 heavy (non-hydrogen) atoms. The molecular formula is C24H44N2O. The first kappa shape index (κ1) is 25.6. The average Bonchev–Trinajstić information content (AvgIpc) is 2.59. The molecule has 0 aliphatic heterocycles. The van der Waals surface area contributed by atoms with Gasteiger partial charge in [-0.2, -0.15) is 0 Å². The van der Waals surface area contributed by atoms with Gasteiger partial charge >= 0.3 is 0 Å². The molecule has 0 spiro atoms. The van der Waals surface area contributed by atoms with Crippen LogP contribution < -0.4 is 5.32 Å². The Morgan fingerprint density at radius 1 is 0.852 bits per heavy atom. The summed E-state index contributed by atoms with van der Waals surface area (Å²) in [5.74, 6) is 0.161. The molecule has 1 atom stereocenters. The highest BCUT2D eigenvalue weighted by Crippen LogP contribution is 2.12. The second kappa shape index (κ2) is 15.7. The van der Waals surface area contributed by atoms with E-state index in [0.29, 0.717) is 6.42 Å². The standard InChI is InChI=1S/C24H44N2O/c1-8-26(9-2)19-23(7)25-24(27)18-12-17-22(6)16-11-15-21(5)14-10-13-20(3)4/h13,15,17,23H,8-12,14,16,18-19H2,1-7H3,(H,25,27). The molecule has 0 aliphatic carbocycles. The number of nitrogens with one attached hydrogen (secondary N) is 1. The lowest BCUT2D eigenvalue weighted by Crippen LogP contribution is -2.41. The third-order valence-electron chi connectivity index (χ3n) is 4.82. The van der Waals surface area contributed by atoms with E-state index in [-0.39, 0.29) is 11.9 Å². The lowest BCUT2D eigenvalue weighted by Gasteiger charge is -2.23. The quantitative estimate of drug-likeness (QED) is 0.375. The Labute approximate surface area is 169 Å². The SMILES string of the molecule is CCN(CC)CC(C)NC(=O)CCC=C(C)CCC=C(C)CCC=C(C)C. The van der Waals surface area contributed by atoms with E-state index in [4.69, 9.17) is 0 Å². The first-order valence-electron chi connectivity index (χ1n) is 10.7. The predicted octanol–water partition coefficient (Wildman–Crippen LogP) is 6.03. The minimum atomic E-state index is 0.161. The van der Waals surface area contributed by atoms with E-state index < -0.39 is 0 Å². The highest BCUT2D eigenvalue weighted by atomic mass is 16.1. The summed E-state index contributed by atoms with van der Waals surface area (Å²) in [6.07, 6.45) is 12.8. The van der Waals surface area contributed by atoms with Crippen molar-refractivity contribution in [1.29, 1.82) is 0 Å². The fraction of sp³-hybridized carbons (Fsp3) is 0.708. The van der Waals surface area contributed by atoms with Crippen LogP contribution in [0.3, 0.4) is 0 Å². The Kier molecular flexibility index (Phi) is 14.9. The largest absolute Gasteiger partial charge is 0.352 e. The van der Waals surface area contributed by atoms with Gasteiger partial charge in [0.15, 0.2) is 0 Å².